The van der Waals surface area contributed by atoms with Gasteiger partial charge in [0.1, 0.15) is 0 Å². The number of aryl methyl sites for hydroxylation is 1. The molecule has 0 aromatic heterocycles. The van der Waals surface area contributed by atoms with Crippen molar-refractivity contribution in [3.05, 3.63) is 33.8 Å². The van der Waals surface area contributed by atoms with E-state index in [1.165, 1.54) is 12.7 Å². The first-order chi connectivity index (χ1) is 7.19. The Morgan fingerprint density at radius 1 is 1.40 bits per heavy atom. The smallest absolute Gasteiger partial charge is 0.338 e. The summed E-state index contributed by atoms with van der Waals surface area (Å²) in [5.74, 6) is -0.311. The van der Waals surface area contributed by atoms with E-state index >= 15 is 0 Å². The molecule has 0 N–H and O–H groups in total. The Hall–Kier alpha value is -0.830. The maximum absolute atomic E-state index is 11.2. The monoisotopic (exact) mass is 272 g/mol. The maximum atomic E-state index is 11.2. The Morgan fingerprint density at radius 3 is 2.40 bits per heavy atom. The number of hydrogen-bond acceptors (Lipinski definition) is 2. The molecule has 1 aromatic rings. The summed E-state index contributed by atoms with van der Waals surface area (Å²) in [5.41, 5.74) is 1.76. The highest BCUT2D eigenvalue weighted by molar-refractivity contribution is 9.10. The standard InChI is InChI=1S/C10H11BrO2.C2H6/c1-3-7-4-5-8(9(11)6-7)10(12)13-2;1-2/h4-6H,3H2,1-2H3;1-2H3. The Kier molecular flexibility index (Phi) is 7.05. The van der Waals surface area contributed by atoms with Gasteiger partial charge in [0.15, 0.2) is 0 Å². The van der Waals surface area contributed by atoms with Gasteiger partial charge in [-0.05, 0) is 40.0 Å². The van der Waals surface area contributed by atoms with Crippen LogP contribution in [0.2, 0.25) is 0 Å². The van der Waals surface area contributed by atoms with E-state index in [2.05, 4.69) is 27.6 Å². The molecule has 0 fully saturated rings. The van der Waals surface area contributed by atoms with Crippen LogP contribution in [0.5, 0.6) is 0 Å². The van der Waals surface area contributed by atoms with Crippen LogP contribution in [0, 0.1) is 0 Å². The van der Waals surface area contributed by atoms with Crippen LogP contribution in [-0.2, 0) is 11.2 Å². The third-order valence-electron chi connectivity index (χ3n) is 1.85. The molecule has 0 heterocycles. The number of ether oxygens (including phenoxy) is 1. The minimum Gasteiger partial charge on any atom is -0.465 e. The van der Waals surface area contributed by atoms with Crippen LogP contribution in [0.3, 0.4) is 0 Å². The summed E-state index contributed by atoms with van der Waals surface area (Å²) in [4.78, 5) is 11.2. The second-order valence-electron chi connectivity index (χ2n) is 2.66. The highest BCUT2D eigenvalue weighted by atomic mass is 79.9. The molecule has 0 unspecified atom stereocenters. The van der Waals surface area contributed by atoms with E-state index in [1.54, 1.807) is 6.07 Å². The number of carbonyl (C=O) groups excluding carboxylic acids is 1. The fraction of sp³-hybridized carbons (Fsp3) is 0.417. The molecule has 0 bridgehead atoms. The molecule has 0 saturated carbocycles. The minimum atomic E-state index is -0.311. The Bertz CT molecular complexity index is 321. The molecule has 15 heavy (non-hydrogen) atoms. The van der Waals surface area contributed by atoms with Crippen molar-refractivity contribution in [2.75, 3.05) is 7.11 Å². The maximum Gasteiger partial charge on any atom is 0.338 e. The molecular weight excluding hydrogens is 256 g/mol. The van der Waals surface area contributed by atoms with Crippen LogP contribution in [0.25, 0.3) is 0 Å². The summed E-state index contributed by atoms with van der Waals surface area (Å²) in [6.45, 7) is 6.07. The van der Waals surface area contributed by atoms with Gasteiger partial charge in [0, 0.05) is 4.47 Å². The highest BCUT2D eigenvalue weighted by Crippen LogP contribution is 2.19. The zero-order valence-electron chi connectivity index (χ0n) is 9.63. The first kappa shape index (κ1) is 14.2. The summed E-state index contributed by atoms with van der Waals surface area (Å²) in [5, 5.41) is 0. The van der Waals surface area contributed by atoms with Crippen molar-refractivity contribution in [2.24, 2.45) is 0 Å². The van der Waals surface area contributed by atoms with Gasteiger partial charge >= 0.3 is 5.97 Å². The van der Waals surface area contributed by atoms with E-state index in [-0.39, 0.29) is 5.97 Å². The normalized spacial score (nSPS) is 8.87. The van der Waals surface area contributed by atoms with Crippen LogP contribution >= 0.6 is 15.9 Å². The Labute approximate surface area is 99.8 Å². The molecule has 0 spiro atoms. The van der Waals surface area contributed by atoms with Crippen molar-refractivity contribution >= 4 is 21.9 Å². The van der Waals surface area contributed by atoms with E-state index in [0.717, 1.165) is 10.9 Å². The van der Waals surface area contributed by atoms with E-state index in [0.29, 0.717) is 5.56 Å². The van der Waals surface area contributed by atoms with Gasteiger partial charge in [0.25, 0.3) is 0 Å². The quantitative estimate of drug-likeness (QED) is 0.765. The van der Waals surface area contributed by atoms with Gasteiger partial charge < -0.3 is 4.74 Å². The molecule has 0 radical (unpaired) electrons. The molecule has 0 aliphatic rings. The third kappa shape index (κ3) is 4.04. The van der Waals surface area contributed by atoms with Crippen molar-refractivity contribution in [2.45, 2.75) is 27.2 Å². The van der Waals surface area contributed by atoms with Crippen molar-refractivity contribution < 1.29 is 9.53 Å². The number of rotatable bonds is 2. The van der Waals surface area contributed by atoms with Crippen molar-refractivity contribution in [3.63, 3.8) is 0 Å². The summed E-state index contributed by atoms with van der Waals surface area (Å²) in [6, 6.07) is 5.64. The number of esters is 1. The van der Waals surface area contributed by atoms with Crippen LogP contribution in [-0.4, -0.2) is 13.1 Å². The second-order valence-corrected chi connectivity index (χ2v) is 3.51. The summed E-state index contributed by atoms with van der Waals surface area (Å²) < 4.78 is 5.41. The van der Waals surface area contributed by atoms with Crippen LogP contribution in [0.15, 0.2) is 22.7 Å². The molecule has 0 amide bonds. The Balaban J connectivity index is 0.000000921. The molecule has 1 rings (SSSR count). The van der Waals surface area contributed by atoms with Crippen molar-refractivity contribution in [3.8, 4) is 0 Å². The topological polar surface area (TPSA) is 26.3 Å². The van der Waals surface area contributed by atoms with Crippen LogP contribution in [0.1, 0.15) is 36.7 Å². The first-order valence-corrected chi connectivity index (χ1v) is 5.85. The third-order valence-corrected chi connectivity index (χ3v) is 2.50. The van der Waals surface area contributed by atoms with Gasteiger partial charge in [-0.1, -0.05) is 26.8 Å². The van der Waals surface area contributed by atoms with Gasteiger partial charge in [-0.2, -0.15) is 0 Å². The average Bonchev–Trinajstić information content (AvgIpc) is 2.30. The zero-order valence-corrected chi connectivity index (χ0v) is 11.2. The lowest BCUT2D eigenvalue weighted by Crippen LogP contribution is -2.02. The van der Waals surface area contributed by atoms with Gasteiger partial charge in [0.2, 0.25) is 0 Å². The lowest BCUT2D eigenvalue weighted by molar-refractivity contribution is 0.0599. The lowest BCUT2D eigenvalue weighted by atomic mass is 10.1. The van der Waals surface area contributed by atoms with Crippen molar-refractivity contribution in [1.29, 1.82) is 0 Å². The van der Waals surface area contributed by atoms with Crippen molar-refractivity contribution in [1.82, 2.24) is 0 Å². The average molecular weight is 273 g/mol. The molecule has 1 aromatic carbocycles. The molecule has 0 saturated heterocycles. The minimum absolute atomic E-state index is 0.311. The predicted octanol–water partition coefficient (Wildman–Crippen LogP) is 3.82. The molecular formula is C12H17BrO2. The molecule has 0 aliphatic carbocycles. The van der Waals surface area contributed by atoms with Crippen LogP contribution in [0.4, 0.5) is 0 Å². The molecule has 3 heteroatoms. The summed E-state index contributed by atoms with van der Waals surface area (Å²) >= 11 is 3.33. The molecule has 0 atom stereocenters. The fourth-order valence-corrected chi connectivity index (χ4v) is 1.64. The largest absolute Gasteiger partial charge is 0.465 e. The van der Waals surface area contributed by atoms with E-state index < -0.39 is 0 Å². The number of benzene rings is 1. The number of halogens is 1. The lowest BCUT2D eigenvalue weighted by Gasteiger charge is -2.03. The van der Waals surface area contributed by atoms with Crippen LogP contribution < -0.4 is 0 Å². The van der Waals surface area contributed by atoms with E-state index in [1.807, 2.05) is 26.0 Å². The van der Waals surface area contributed by atoms with E-state index in [9.17, 15) is 4.79 Å². The summed E-state index contributed by atoms with van der Waals surface area (Å²) in [6.07, 6.45) is 0.958. The molecule has 2 nitrogen and oxygen atoms in total. The van der Waals surface area contributed by atoms with Gasteiger partial charge in [-0.15, -0.1) is 0 Å². The highest BCUT2D eigenvalue weighted by Gasteiger charge is 2.09. The SMILES string of the molecule is CC.CCc1ccc(C(=O)OC)c(Br)c1. The fourth-order valence-electron chi connectivity index (χ4n) is 1.05. The van der Waals surface area contributed by atoms with Gasteiger partial charge in [0.05, 0.1) is 12.7 Å². The van der Waals surface area contributed by atoms with Gasteiger partial charge in [-0.3, -0.25) is 0 Å². The molecule has 0 aliphatic heterocycles. The van der Waals surface area contributed by atoms with Gasteiger partial charge in [-0.25, -0.2) is 4.79 Å². The number of hydrogen-bond donors (Lipinski definition) is 0. The summed E-state index contributed by atoms with van der Waals surface area (Å²) in [7, 11) is 1.38. The zero-order chi connectivity index (χ0) is 11.8. The predicted molar refractivity (Wildman–Crippen MR) is 66.2 cm³/mol. The second kappa shape index (κ2) is 7.46. The van der Waals surface area contributed by atoms with E-state index in [4.69, 9.17) is 0 Å². The number of carbonyl (C=O) groups is 1. The molecule has 84 valence electrons. The Morgan fingerprint density at radius 2 is 2.00 bits per heavy atom. The first-order valence-electron chi connectivity index (χ1n) is 5.05. The number of methoxy groups -OCH3 is 1.